The van der Waals surface area contributed by atoms with Crippen LogP contribution in [0.15, 0.2) is 64.9 Å². The van der Waals surface area contributed by atoms with Crippen molar-refractivity contribution in [3.8, 4) is 5.75 Å². The molecule has 1 amide bonds. The number of sulfonamides is 1. The molecule has 2 heterocycles. The number of aryl methyl sites for hydroxylation is 1. The summed E-state index contributed by atoms with van der Waals surface area (Å²) >= 11 is 1.61. The van der Waals surface area contributed by atoms with Crippen LogP contribution in [-0.2, 0) is 26.0 Å². The van der Waals surface area contributed by atoms with Gasteiger partial charge in [0.05, 0.1) is 17.5 Å². The van der Waals surface area contributed by atoms with Crippen LogP contribution >= 0.6 is 11.3 Å². The predicted molar refractivity (Wildman–Crippen MR) is 141 cm³/mol. The molecule has 1 aliphatic rings. The van der Waals surface area contributed by atoms with Crippen LogP contribution in [0.3, 0.4) is 0 Å². The number of hydrogen-bond donors (Lipinski definition) is 0. The van der Waals surface area contributed by atoms with Crippen LogP contribution in [0.1, 0.15) is 28.5 Å². The number of carbonyl (C=O) groups is 1. The third-order valence-electron chi connectivity index (χ3n) is 6.37. The van der Waals surface area contributed by atoms with Crippen molar-refractivity contribution in [1.29, 1.82) is 0 Å². The highest BCUT2D eigenvalue weighted by Crippen LogP contribution is 2.34. The highest BCUT2D eigenvalue weighted by molar-refractivity contribution is 7.89. The van der Waals surface area contributed by atoms with Crippen molar-refractivity contribution in [2.45, 2.75) is 30.7 Å². The van der Waals surface area contributed by atoms with Gasteiger partial charge in [0.25, 0.3) is 0 Å². The number of ether oxygens (including phenoxy) is 2. The summed E-state index contributed by atoms with van der Waals surface area (Å²) in [6.07, 6.45) is 1.12. The highest BCUT2D eigenvalue weighted by atomic mass is 32.2. The Morgan fingerprint density at radius 3 is 2.65 bits per heavy atom. The number of fused-ring (bicyclic) bond motifs is 1. The van der Waals surface area contributed by atoms with Crippen LogP contribution in [0.25, 0.3) is 0 Å². The molecule has 1 aliphatic heterocycles. The van der Waals surface area contributed by atoms with Gasteiger partial charge in [-0.1, -0.05) is 29.8 Å². The molecule has 7 nitrogen and oxygen atoms in total. The van der Waals surface area contributed by atoms with E-state index in [4.69, 9.17) is 9.47 Å². The van der Waals surface area contributed by atoms with E-state index in [1.54, 1.807) is 65.8 Å². The van der Waals surface area contributed by atoms with Crippen LogP contribution < -0.4 is 4.74 Å². The lowest BCUT2D eigenvalue weighted by molar-refractivity contribution is -0.135. The quantitative estimate of drug-likeness (QED) is 0.333. The molecule has 37 heavy (non-hydrogen) atoms. The maximum Gasteiger partial charge on any atom is 0.243 e. The zero-order valence-corrected chi connectivity index (χ0v) is 22.6. The van der Waals surface area contributed by atoms with E-state index in [1.165, 1.54) is 10.4 Å². The van der Waals surface area contributed by atoms with Gasteiger partial charge in [-0.05, 0) is 61.0 Å². The minimum absolute atomic E-state index is 0.0603. The Morgan fingerprint density at radius 1 is 1.16 bits per heavy atom. The average Bonchev–Trinajstić information content (AvgIpc) is 3.37. The zero-order chi connectivity index (χ0) is 26.4. The van der Waals surface area contributed by atoms with E-state index in [9.17, 15) is 17.6 Å². The van der Waals surface area contributed by atoms with Crippen molar-refractivity contribution in [2.24, 2.45) is 0 Å². The summed E-state index contributed by atoms with van der Waals surface area (Å²) in [5.41, 5.74) is 1.90. The maximum absolute atomic E-state index is 14.2. The van der Waals surface area contributed by atoms with E-state index in [0.717, 1.165) is 16.0 Å². The first-order chi connectivity index (χ1) is 17.8. The summed E-state index contributed by atoms with van der Waals surface area (Å²) in [5, 5.41) is 1.97. The fourth-order valence-corrected chi connectivity index (χ4v) is 6.73. The van der Waals surface area contributed by atoms with Gasteiger partial charge in [0, 0.05) is 31.7 Å². The van der Waals surface area contributed by atoms with E-state index in [2.05, 4.69) is 0 Å². The van der Waals surface area contributed by atoms with E-state index >= 15 is 0 Å². The summed E-state index contributed by atoms with van der Waals surface area (Å²) in [5.74, 6) is -0.692. The number of benzene rings is 2. The molecular formula is C27H31FN2O5S2. The van der Waals surface area contributed by atoms with Gasteiger partial charge in [-0.25, -0.2) is 12.8 Å². The first-order valence-corrected chi connectivity index (χ1v) is 14.4. The number of rotatable bonds is 11. The Kier molecular flexibility index (Phi) is 8.96. The molecule has 1 aromatic heterocycles. The second kappa shape index (κ2) is 12.2. The molecule has 1 atom stereocenters. The van der Waals surface area contributed by atoms with Crippen molar-refractivity contribution >= 4 is 27.3 Å². The zero-order valence-electron chi connectivity index (χ0n) is 20.9. The number of thiophene rings is 1. The minimum atomic E-state index is -3.91. The molecule has 0 saturated heterocycles. The summed E-state index contributed by atoms with van der Waals surface area (Å²) in [4.78, 5) is 16.6. The predicted octanol–water partition coefficient (Wildman–Crippen LogP) is 4.43. The molecular weight excluding hydrogens is 515 g/mol. The Balaban J connectivity index is 1.57. The first-order valence-electron chi connectivity index (χ1n) is 12.1. The SMILES string of the molecule is COCCCN(CC(=O)N1CCc2sccc2[C@H]1COc1ccccc1F)S(=O)(=O)c1ccc(C)cc1. The summed E-state index contributed by atoms with van der Waals surface area (Å²) in [7, 11) is -2.36. The molecule has 0 unspecified atom stereocenters. The molecule has 4 rings (SSSR count). The third-order valence-corrected chi connectivity index (χ3v) is 9.23. The first kappa shape index (κ1) is 27.3. The molecule has 198 valence electrons. The van der Waals surface area contributed by atoms with E-state index < -0.39 is 21.9 Å². The van der Waals surface area contributed by atoms with Crippen molar-refractivity contribution in [3.63, 3.8) is 0 Å². The third kappa shape index (κ3) is 6.38. The Labute approximate surface area is 221 Å². The van der Waals surface area contributed by atoms with E-state index in [0.29, 0.717) is 26.0 Å². The molecule has 0 spiro atoms. The lowest BCUT2D eigenvalue weighted by Gasteiger charge is -2.37. The molecule has 10 heteroatoms. The Hall–Kier alpha value is -2.79. The summed E-state index contributed by atoms with van der Waals surface area (Å²) < 4.78 is 53.3. The van der Waals surface area contributed by atoms with Crippen molar-refractivity contribution < 1.29 is 27.1 Å². The normalized spacial score (nSPS) is 15.6. The van der Waals surface area contributed by atoms with Crippen molar-refractivity contribution in [3.05, 3.63) is 81.8 Å². The van der Waals surface area contributed by atoms with Gasteiger partial charge in [-0.15, -0.1) is 11.3 Å². The number of nitrogens with zero attached hydrogens (tertiary/aromatic N) is 2. The molecule has 0 aliphatic carbocycles. The lowest BCUT2D eigenvalue weighted by Crippen LogP contribution is -2.48. The fourth-order valence-electron chi connectivity index (χ4n) is 4.38. The Bertz CT molecular complexity index is 1310. The number of para-hydroxylation sites is 1. The van der Waals surface area contributed by atoms with Gasteiger partial charge in [-0.3, -0.25) is 4.79 Å². The van der Waals surface area contributed by atoms with Crippen LogP contribution in [-0.4, -0.2) is 63.5 Å². The monoisotopic (exact) mass is 546 g/mol. The number of methoxy groups -OCH3 is 1. The second-order valence-electron chi connectivity index (χ2n) is 8.89. The maximum atomic E-state index is 14.2. The molecule has 0 bridgehead atoms. The topological polar surface area (TPSA) is 76.2 Å². The molecule has 0 fully saturated rings. The van der Waals surface area contributed by atoms with Crippen molar-refractivity contribution in [1.82, 2.24) is 9.21 Å². The number of carbonyl (C=O) groups excluding carboxylic acids is 1. The minimum Gasteiger partial charge on any atom is -0.488 e. The van der Waals surface area contributed by atoms with Crippen LogP contribution in [0.5, 0.6) is 5.75 Å². The largest absolute Gasteiger partial charge is 0.488 e. The lowest BCUT2D eigenvalue weighted by atomic mass is 10.0. The van der Waals surface area contributed by atoms with E-state index in [-0.39, 0.29) is 36.2 Å². The van der Waals surface area contributed by atoms with Crippen LogP contribution in [0.2, 0.25) is 0 Å². The van der Waals surface area contributed by atoms with Gasteiger partial charge in [0.15, 0.2) is 11.6 Å². The summed E-state index contributed by atoms with van der Waals surface area (Å²) in [6, 6.07) is 14.2. The molecule has 2 aromatic carbocycles. The van der Waals surface area contributed by atoms with Crippen LogP contribution in [0, 0.1) is 12.7 Å². The van der Waals surface area contributed by atoms with Gasteiger partial charge < -0.3 is 14.4 Å². The molecule has 3 aromatic rings. The van der Waals surface area contributed by atoms with Gasteiger partial charge >= 0.3 is 0 Å². The average molecular weight is 547 g/mol. The van der Waals surface area contributed by atoms with Crippen LogP contribution in [0.4, 0.5) is 4.39 Å². The van der Waals surface area contributed by atoms with Crippen molar-refractivity contribution in [2.75, 3.05) is 40.0 Å². The summed E-state index contributed by atoms with van der Waals surface area (Å²) in [6.45, 7) is 2.57. The Morgan fingerprint density at radius 2 is 1.92 bits per heavy atom. The second-order valence-corrected chi connectivity index (χ2v) is 11.8. The molecule has 0 saturated carbocycles. The van der Waals surface area contributed by atoms with Gasteiger partial charge in [0.2, 0.25) is 15.9 Å². The number of hydrogen-bond acceptors (Lipinski definition) is 6. The van der Waals surface area contributed by atoms with Gasteiger partial charge in [0.1, 0.15) is 6.61 Å². The molecule has 0 N–H and O–H groups in total. The number of amides is 1. The molecule has 0 radical (unpaired) electrons. The highest BCUT2D eigenvalue weighted by Gasteiger charge is 2.35. The smallest absolute Gasteiger partial charge is 0.243 e. The fraction of sp³-hybridized carbons (Fsp3) is 0.370. The van der Waals surface area contributed by atoms with Gasteiger partial charge in [-0.2, -0.15) is 4.31 Å². The standard InChI is InChI=1S/C27H31FN2O5S2/c1-20-8-10-21(11-9-20)37(32,33)29(14-5-16-34-2)18-27(31)30-15-12-26-22(13-17-36-26)24(30)19-35-25-7-4-3-6-23(25)28/h3-4,6-11,13,17,24H,5,12,14-16,18-19H2,1-2H3/t24-/m1/s1. The van der Waals surface area contributed by atoms with E-state index in [1.807, 2.05) is 18.4 Å². The number of halogens is 1.